The zero-order chi connectivity index (χ0) is 18.4. The highest BCUT2D eigenvalue weighted by molar-refractivity contribution is 5.84. The Hall–Kier alpha value is -2.75. The van der Waals surface area contributed by atoms with E-state index in [1.807, 2.05) is 37.3 Å². The number of nitrogens with one attached hydrogen (secondary N) is 1. The van der Waals surface area contributed by atoms with Gasteiger partial charge in [0, 0.05) is 29.7 Å². The van der Waals surface area contributed by atoms with Crippen molar-refractivity contribution in [2.75, 3.05) is 0 Å². The fourth-order valence-corrected chi connectivity index (χ4v) is 3.19. The second-order valence-corrected chi connectivity index (χ2v) is 6.60. The maximum absolute atomic E-state index is 12.0. The SMILES string of the molecule is CCn1cc(CC[C@H](C)NC(=O)OCc2ccccc2)c2ccccc21. The number of carbonyl (C=O) groups excluding carboxylic acids is 1. The van der Waals surface area contributed by atoms with Crippen molar-refractivity contribution in [2.45, 2.75) is 45.9 Å². The van der Waals surface area contributed by atoms with Gasteiger partial charge in [0.1, 0.15) is 6.61 Å². The maximum Gasteiger partial charge on any atom is 0.407 e. The van der Waals surface area contributed by atoms with E-state index in [4.69, 9.17) is 4.74 Å². The molecule has 0 aliphatic carbocycles. The molecule has 2 aromatic carbocycles. The van der Waals surface area contributed by atoms with Crippen molar-refractivity contribution in [1.29, 1.82) is 0 Å². The van der Waals surface area contributed by atoms with E-state index >= 15 is 0 Å². The van der Waals surface area contributed by atoms with Crippen molar-refractivity contribution in [3.8, 4) is 0 Å². The lowest BCUT2D eigenvalue weighted by molar-refractivity contribution is 0.136. The molecule has 1 aromatic heterocycles. The average Bonchev–Trinajstić information content (AvgIpc) is 3.03. The van der Waals surface area contributed by atoms with E-state index in [-0.39, 0.29) is 12.1 Å². The van der Waals surface area contributed by atoms with E-state index in [2.05, 4.69) is 47.3 Å². The lowest BCUT2D eigenvalue weighted by Crippen LogP contribution is -2.33. The molecule has 0 unspecified atom stereocenters. The first kappa shape index (κ1) is 18.1. The molecular formula is C22H26N2O2. The van der Waals surface area contributed by atoms with E-state index in [0.29, 0.717) is 6.61 Å². The first-order valence-corrected chi connectivity index (χ1v) is 9.21. The van der Waals surface area contributed by atoms with E-state index in [0.717, 1.165) is 24.9 Å². The van der Waals surface area contributed by atoms with E-state index in [9.17, 15) is 4.79 Å². The molecule has 0 saturated carbocycles. The zero-order valence-corrected chi connectivity index (χ0v) is 15.4. The van der Waals surface area contributed by atoms with Gasteiger partial charge < -0.3 is 14.6 Å². The molecule has 0 saturated heterocycles. The lowest BCUT2D eigenvalue weighted by Gasteiger charge is -2.14. The van der Waals surface area contributed by atoms with Crippen molar-refractivity contribution in [3.63, 3.8) is 0 Å². The molecule has 4 nitrogen and oxygen atoms in total. The number of aromatic nitrogens is 1. The van der Waals surface area contributed by atoms with E-state index in [1.165, 1.54) is 16.5 Å². The molecule has 0 fully saturated rings. The van der Waals surface area contributed by atoms with Crippen LogP contribution in [0.3, 0.4) is 0 Å². The Morgan fingerprint density at radius 2 is 1.85 bits per heavy atom. The molecule has 0 spiro atoms. The highest BCUT2D eigenvalue weighted by Gasteiger charge is 2.11. The molecule has 1 amide bonds. The van der Waals surface area contributed by atoms with Gasteiger partial charge in [0.25, 0.3) is 0 Å². The van der Waals surface area contributed by atoms with Crippen LogP contribution in [0.25, 0.3) is 10.9 Å². The van der Waals surface area contributed by atoms with Gasteiger partial charge in [-0.3, -0.25) is 0 Å². The van der Waals surface area contributed by atoms with Gasteiger partial charge in [-0.15, -0.1) is 0 Å². The summed E-state index contributed by atoms with van der Waals surface area (Å²) in [4.78, 5) is 12.0. The minimum Gasteiger partial charge on any atom is -0.445 e. The number of rotatable bonds is 7. The third-order valence-electron chi connectivity index (χ3n) is 4.64. The molecule has 1 atom stereocenters. The predicted molar refractivity (Wildman–Crippen MR) is 105 cm³/mol. The summed E-state index contributed by atoms with van der Waals surface area (Å²) in [6.45, 7) is 5.43. The van der Waals surface area contributed by atoms with Crippen LogP contribution >= 0.6 is 0 Å². The smallest absolute Gasteiger partial charge is 0.407 e. The molecule has 0 aliphatic rings. The Balaban J connectivity index is 1.51. The summed E-state index contributed by atoms with van der Waals surface area (Å²) in [5, 5.41) is 4.22. The van der Waals surface area contributed by atoms with Crippen LogP contribution in [-0.4, -0.2) is 16.7 Å². The number of hydrogen-bond donors (Lipinski definition) is 1. The molecule has 136 valence electrons. The fraction of sp³-hybridized carbons (Fsp3) is 0.318. The Morgan fingerprint density at radius 3 is 2.62 bits per heavy atom. The lowest BCUT2D eigenvalue weighted by atomic mass is 10.1. The number of benzene rings is 2. The summed E-state index contributed by atoms with van der Waals surface area (Å²) in [5.41, 5.74) is 3.59. The second-order valence-electron chi connectivity index (χ2n) is 6.60. The highest BCUT2D eigenvalue weighted by atomic mass is 16.5. The third kappa shape index (κ3) is 4.45. The van der Waals surface area contributed by atoms with Crippen LogP contribution in [-0.2, 0) is 24.3 Å². The number of aryl methyl sites for hydroxylation is 2. The number of para-hydroxylation sites is 1. The number of alkyl carbamates (subject to hydrolysis) is 1. The number of fused-ring (bicyclic) bond motifs is 1. The first-order chi connectivity index (χ1) is 12.7. The quantitative estimate of drug-likeness (QED) is 0.658. The van der Waals surface area contributed by atoms with Crippen molar-refractivity contribution >= 4 is 17.0 Å². The summed E-state index contributed by atoms with van der Waals surface area (Å²) in [7, 11) is 0. The van der Waals surface area contributed by atoms with Gasteiger partial charge in [-0.05, 0) is 43.9 Å². The highest BCUT2D eigenvalue weighted by Crippen LogP contribution is 2.22. The number of carbonyl (C=O) groups is 1. The normalized spacial score (nSPS) is 12.1. The molecule has 0 aliphatic heterocycles. The molecule has 1 N–H and O–H groups in total. The average molecular weight is 350 g/mol. The standard InChI is InChI=1S/C22H26N2O2/c1-3-24-15-19(20-11-7-8-12-21(20)24)14-13-17(2)23-22(25)26-16-18-9-5-4-6-10-18/h4-12,15,17H,3,13-14,16H2,1-2H3,(H,23,25)/t17-/m0/s1. The number of nitrogens with zero attached hydrogens (tertiary/aromatic N) is 1. The van der Waals surface area contributed by atoms with Gasteiger partial charge in [0.2, 0.25) is 0 Å². The Kier molecular flexibility index (Phi) is 5.95. The molecule has 26 heavy (non-hydrogen) atoms. The Bertz CT molecular complexity index is 855. The monoisotopic (exact) mass is 350 g/mol. The first-order valence-electron chi connectivity index (χ1n) is 9.21. The summed E-state index contributed by atoms with van der Waals surface area (Å²) in [6, 6.07) is 18.2. The van der Waals surface area contributed by atoms with Crippen molar-refractivity contribution in [3.05, 3.63) is 71.9 Å². The van der Waals surface area contributed by atoms with E-state index < -0.39 is 0 Å². The molecule has 3 aromatic rings. The molecule has 4 heteroatoms. The topological polar surface area (TPSA) is 43.3 Å². The summed E-state index contributed by atoms with van der Waals surface area (Å²) in [6.07, 6.45) is 3.66. The summed E-state index contributed by atoms with van der Waals surface area (Å²) < 4.78 is 7.56. The van der Waals surface area contributed by atoms with Gasteiger partial charge in [-0.1, -0.05) is 48.5 Å². The minimum absolute atomic E-state index is 0.0574. The van der Waals surface area contributed by atoms with Gasteiger partial charge >= 0.3 is 6.09 Å². The summed E-state index contributed by atoms with van der Waals surface area (Å²) >= 11 is 0. The van der Waals surface area contributed by atoms with Gasteiger partial charge in [0.15, 0.2) is 0 Å². The van der Waals surface area contributed by atoms with Crippen LogP contribution < -0.4 is 5.32 Å². The van der Waals surface area contributed by atoms with E-state index in [1.54, 1.807) is 0 Å². The number of hydrogen-bond acceptors (Lipinski definition) is 2. The van der Waals surface area contributed by atoms with Crippen LogP contribution in [0.2, 0.25) is 0 Å². The van der Waals surface area contributed by atoms with Crippen LogP contribution in [0.15, 0.2) is 60.8 Å². The second kappa shape index (κ2) is 8.56. The van der Waals surface area contributed by atoms with Gasteiger partial charge in [0.05, 0.1) is 0 Å². The van der Waals surface area contributed by atoms with Crippen LogP contribution in [0.1, 0.15) is 31.4 Å². The van der Waals surface area contributed by atoms with Crippen LogP contribution in [0.4, 0.5) is 4.79 Å². The van der Waals surface area contributed by atoms with Gasteiger partial charge in [-0.25, -0.2) is 4.79 Å². The predicted octanol–water partition coefficient (Wildman–Crippen LogP) is 4.91. The van der Waals surface area contributed by atoms with Crippen LogP contribution in [0, 0.1) is 0 Å². The molecular weight excluding hydrogens is 324 g/mol. The molecule has 0 bridgehead atoms. The largest absolute Gasteiger partial charge is 0.445 e. The molecule has 3 rings (SSSR count). The third-order valence-corrected chi connectivity index (χ3v) is 4.64. The molecule has 0 radical (unpaired) electrons. The number of ether oxygens (including phenoxy) is 1. The summed E-state index contributed by atoms with van der Waals surface area (Å²) in [5.74, 6) is 0. The Labute approximate surface area is 154 Å². The molecule has 1 heterocycles. The number of amides is 1. The van der Waals surface area contributed by atoms with Crippen molar-refractivity contribution < 1.29 is 9.53 Å². The van der Waals surface area contributed by atoms with Crippen molar-refractivity contribution in [2.24, 2.45) is 0 Å². The van der Waals surface area contributed by atoms with Crippen molar-refractivity contribution in [1.82, 2.24) is 9.88 Å². The van der Waals surface area contributed by atoms with Gasteiger partial charge in [-0.2, -0.15) is 0 Å². The zero-order valence-electron chi connectivity index (χ0n) is 15.4. The Morgan fingerprint density at radius 1 is 1.12 bits per heavy atom. The minimum atomic E-state index is -0.364. The van der Waals surface area contributed by atoms with Crippen LogP contribution in [0.5, 0.6) is 0 Å². The fourth-order valence-electron chi connectivity index (χ4n) is 3.19. The maximum atomic E-state index is 12.0.